The molecule has 0 aliphatic heterocycles. The summed E-state index contributed by atoms with van der Waals surface area (Å²) in [5.74, 6) is 1.99. The third-order valence-corrected chi connectivity index (χ3v) is 6.94. The summed E-state index contributed by atoms with van der Waals surface area (Å²) in [6.45, 7) is 25.0. The van der Waals surface area contributed by atoms with Gasteiger partial charge in [0.2, 0.25) is 0 Å². The summed E-state index contributed by atoms with van der Waals surface area (Å²) in [6.07, 6.45) is 2.96. The van der Waals surface area contributed by atoms with Crippen molar-refractivity contribution in [2.45, 2.75) is 105 Å². The van der Waals surface area contributed by atoms with Gasteiger partial charge in [0.15, 0.2) is 0 Å². The second-order valence-electron chi connectivity index (χ2n) is 14.5. The van der Waals surface area contributed by atoms with E-state index in [0.717, 1.165) is 49.4 Å². The molecule has 0 aliphatic rings. The van der Waals surface area contributed by atoms with Crippen molar-refractivity contribution in [2.75, 3.05) is 19.7 Å². The molecule has 4 heteroatoms. The minimum Gasteiger partial charge on any atom is -0.492 e. The molecule has 0 saturated carbocycles. The number of hydrogen-bond acceptors (Lipinski definition) is 4. The Morgan fingerprint density at radius 1 is 0.789 bits per heavy atom. The van der Waals surface area contributed by atoms with E-state index >= 15 is 0 Å². The highest BCUT2D eigenvalue weighted by Gasteiger charge is 2.29. The molecule has 0 aliphatic carbocycles. The molecule has 210 valence electrons. The third-order valence-electron chi connectivity index (χ3n) is 6.94. The molecule has 0 fully saturated rings. The van der Waals surface area contributed by atoms with Crippen LogP contribution < -0.4 is 15.4 Å². The molecule has 0 radical (unpaired) electrons. The molecule has 0 unspecified atom stereocenters. The lowest BCUT2D eigenvalue weighted by Gasteiger charge is -2.36. The number of furan rings is 1. The molecule has 2 aromatic carbocycles. The summed E-state index contributed by atoms with van der Waals surface area (Å²) in [5.41, 5.74) is 4.01. The van der Waals surface area contributed by atoms with Crippen LogP contribution in [-0.4, -0.2) is 30.8 Å². The predicted molar refractivity (Wildman–Crippen MR) is 162 cm³/mol. The first kappa shape index (κ1) is 30.2. The highest BCUT2D eigenvalue weighted by Crippen LogP contribution is 2.33. The molecule has 1 aromatic heterocycles. The van der Waals surface area contributed by atoms with Crippen molar-refractivity contribution in [3.8, 4) is 5.75 Å². The predicted octanol–water partition coefficient (Wildman–Crippen LogP) is 8.07. The molecule has 0 amide bonds. The Bertz CT molecular complexity index is 1180. The monoisotopic (exact) mass is 520 g/mol. The van der Waals surface area contributed by atoms with Gasteiger partial charge in [0.25, 0.3) is 0 Å². The molecule has 0 bridgehead atoms. The number of rotatable bonds is 12. The smallest absolute Gasteiger partial charge is 0.134 e. The van der Waals surface area contributed by atoms with Crippen LogP contribution in [0.2, 0.25) is 0 Å². The fourth-order valence-electron chi connectivity index (χ4n) is 5.41. The summed E-state index contributed by atoms with van der Waals surface area (Å²) < 4.78 is 12.3. The van der Waals surface area contributed by atoms with Crippen molar-refractivity contribution < 1.29 is 9.15 Å². The van der Waals surface area contributed by atoms with Crippen molar-refractivity contribution in [2.24, 2.45) is 5.41 Å². The van der Waals surface area contributed by atoms with Crippen LogP contribution in [0, 0.1) is 5.41 Å². The van der Waals surface area contributed by atoms with Crippen LogP contribution in [0.4, 0.5) is 0 Å². The van der Waals surface area contributed by atoms with Gasteiger partial charge >= 0.3 is 0 Å². The van der Waals surface area contributed by atoms with Crippen LogP contribution in [0.5, 0.6) is 5.75 Å². The lowest BCUT2D eigenvalue weighted by atomic mass is 9.76. The van der Waals surface area contributed by atoms with E-state index < -0.39 is 0 Å². The van der Waals surface area contributed by atoms with Gasteiger partial charge in [0, 0.05) is 36.0 Å². The van der Waals surface area contributed by atoms with Crippen LogP contribution >= 0.6 is 0 Å². The van der Waals surface area contributed by atoms with Crippen molar-refractivity contribution in [1.82, 2.24) is 10.6 Å². The Morgan fingerprint density at radius 3 is 2.21 bits per heavy atom. The van der Waals surface area contributed by atoms with Gasteiger partial charge in [-0.05, 0) is 93.7 Å². The van der Waals surface area contributed by atoms with E-state index in [9.17, 15) is 0 Å². The Labute approximate surface area is 231 Å². The van der Waals surface area contributed by atoms with E-state index in [4.69, 9.17) is 9.15 Å². The molecule has 0 atom stereocenters. The van der Waals surface area contributed by atoms with Gasteiger partial charge in [0.05, 0.1) is 0 Å². The molecule has 1 heterocycles. The van der Waals surface area contributed by atoms with Crippen LogP contribution in [-0.2, 0) is 18.3 Å². The summed E-state index contributed by atoms with van der Waals surface area (Å²) in [7, 11) is 0. The van der Waals surface area contributed by atoms with Gasteiger partial charge in [-0.15, -0.1) is 0 Å². The zero-order valence-corrected chi connectivity index (χ0v) is 25.7. The van der Waals surface area contributed by atoms with E-state index in [2.05, 4.69) is 122 Å². The molecule has 38 heavy (non-hydrogen) atoms. The third kappa shape index (κ3) is 9.78. The van der Waals surface area contributed by atoms with Crippen LogP contribution in [0.3, 0.4) is 0 Å². The molecule has 2 N–H and O–H groups in total. The standard InChI is InChI=1S/C34H52N2O2/c1-31(2,3)27-12-11-13-28(22-27)37-19-18-36-34(9,10)24-33(7,8)23-25-14-15-26-21-29(38-30(26)20-25)16-17-35-32(4,5)6/h11-15,20-22,35-36H,16-19,23-24H2,1-10H3. The first-order valence-electron chi connectivity index (χ1n) is 14.3. The number of nitrogens with one attached hydrogen (secondary N) is 2. The summed E-state index contributed by atoms with van der Waals surface area (Å²) in [5, 5.41) is 8.46. The minimum atomic E-state index is 0.00211. The highest BCUT2D eigenvalue weighted by molar-refractivity contribution is 5.78. The number of ether oxygens (including phenoxy) is 1. The van der Waals surface area contributed by atoms with Crippen molar-refractivity contribution in [3.05, 3.63) is 65.4 Å². The van der Waals surface area contributed by atoms with Gasteiger partial charge in [0.1, 0.15) is 23.7 Å². The first-order valence-corrected chi connectivity index (χ1v) is 14.3. The van der Waals surface area contributed by atoms with Gasteiger partial charge in [-0.1, -0.05) is 58.9 Å². The highest BCUT2D eigenvalue weighted by atomic mass is 16.5. The van der Waals surface area contributed by atoms with E-state index in [1.807, 2.05) is 6.07 Å². The number of benzene rings is 2. The Balaban J connectivity index is 1.51. The molecular formula is C34H52N2O2. The van der Waals surface area contributed by atoms with E-state index in [1.165, 1.54) is 16.5 Å². The van der Waals surface area contributed by atoms with Crippen molar-refractivity contribution >= 4 is 11.0 Å². The minimum absolute atomic E-state index is 0.00211. The quantitative estimate of drug-likeness (QED) is 0.237. The summed E-state index contributed by atoms with van der Waals surface area (Å²) >= 11 is 0. The van der Waals surface area contributed by atoms with Gasteiger partial charge in [-0.25, -0.2) is 0 Å². The fourth-order valence-corrected chi connectivity index (χ4v) is 5.41. The Kier molecular flexibility index (Phi) is 9.42. The topological polar surface area (TPSA) is 46.4 Å². The van der Waals surface area contributed by atoms with Crippen molar-refractivity contribution in [3.63, 3.8) is 0 Å². The maximum Gasteiger partial charge on any atom is 0.134 e. The van der Waals surface area contributed by atoms with Crippen molar-refractivity contribution in [1.29, 1.82) is 0 Å². The fraction of sp³-hybridized carbons (Fsp3) is 0.588. The van der Waals surface area contributed by atoms with E-state index in [1.54, 1.807) is 0 Å². The second kappa shape index (κ2) is 11.8. The SMILES string of the molecule is CC(C)(Cc1ccc2cc(CCNC(C)(C)C)oc2c1)CC(C)(C)NCCOc1cccc(C(C)(C)C)c1. The first-order chi connectivity index (χ1) is 17.5. The maximum atomic E-state index is 6.20. The molecule has 3 aromatic rings. The van der Waals surface area contributed by atoms with Gasteiger partial charge < -0.3 is 19.8 Å². The van der Waals surface area contributed by atoms with Crippen LogP contribution in [0.15, 0.2) is 52.9 Å². The molecule has 0 saturated heterocycles. The van der Waals surface area contributed by atoms with Gasteiger partial charge in [-0.2, -0.15) is 0 Å². The molecule has 3 rings (SSSR count). The summed E-state index contributed by atoms with van der Waals surface area (Å²) in [6, 6.07) is 17.4. The maximum absolute atomic E-state index is 6.20. The van der Waals surface area contributed by atoms with Crippen LogP contribution in [0.25, 0.3) is 11.0 Å². The largest absolute Gasteiger partial charge is 0.492 e. The zero-order chi connectivity index (χ0) is 28.2. The molecule has 0 spiro atoms. The average molecular weight is 521 g/mol. The van der Waals surface area contributed by atoms with E-state index in [-0.39, 0.29) is 21.9 Å². The lowest BCUT2D eigenvalue weighted by molar-refractivity contribution is 0.207. The average Bonchev–Trinajstić information content (AvgIpc) is 3.16. The second-order valence-corrected chi connectivity index (χ2v) is 14.5. The lowest BCUT2D eigenvalue weighted by Crippen LogP contribution is -2.45. The van der Waals surface area contributed by atoms with E-state index in [0.29, 0.717) is 6.61 Å². The Hall–Kier alpha value is -2.30. The molecular weight excluding hydrogens is 468 g/mol. The van der Waals surface area contributed by atoms with Gasteiger partial charge in [-0.3, -0.25) is 0 Å². The number of hydrogen-bond donors (Lipinski definition) is 2. The Morgan fingerprint density at radius 2 is 1.53 bits per heavy atom. The summed E-state index contributed by atoms with van der Waals surface area (Å²) in [4.78, 5) is 0. The normalized spacial score (nSPS) is 13.3. The van der Waals surface area contributed by atoms with Crippen LogP contribution in [0.1, 0.15) is 92.5 Å². The zero-order valence-electron chi connectivity index (χ0n) is 25.7. The number of fused-ring (bicyclic) bond motifs is 1. The molecule has 4 nitrogen and oxygen atoms in total.